The number of benzene rings is 1. The zero-order chi connectivity index (χ0) is 29.2. The Kier molecular flexibility index (Phi) is 10.7. The van der Waals surface area contributed by atoms with E-state index in [2.05, 4.69) is 55.2 Å². The van der Waals surface area contributed by atoms with E-state index in [9.17, 15) is 9.59 Å². The molecule has 0 radical (unpaired) electrons. The van der Waals surface area contributed by atoms with Crippen LogP contribution in [0.3, 0.4) is 0 Å². The second kappa shape index (κ2) is 14.6. The number of aryl methyl sites for hydroxylation is 1. The van der Waals surface area contributed by atoms with Gasteiger partial charge in [-0.3, -0.25) is 9.59 Å². The molecule has 41 heavy (non-hydrogen) atoms. The Morgan fingerprint density at radius 3 is 2.63 bits per heavy atom. The molecule has 1 fully saturated rings. The maximum atomic E-state index is 13.0. The van der Waals surface area contributed by atoms with Crippen LogP contribution in [0.25, 0.3) is 5.57 Å². The number of carbonyl (C=O) groups is 2. The molecule has 2 amide bonds. The summed E-state index contributed by atoms with van der Waals surface area (Å²) in [5, 5.41) is 6.61. The number of ether oxygens (including phenoxy) is 1. The van der Waals surface area contributed by atoms with Gasteiger partial charge in [-0.25, -0.2) is 15.0 Å². The SMILES string of the molecule is C=NC(=O)/C1=C\Nc2ccc(N3CCN(C)CC3)c(c2)OCCCCCC(=O)N(C)CCCNc2ncnc(C)c21. The third-order valence-corrected chi connectivity index (χ3v) is 7.55. The second-order valence-electron chi connectivity index (χ2n) is 10.6. The molecule has 2 aliphatic rings. The van der Waals surface area contributed by atoms with Crippen LogP contribution in [0, 0.1) is 6.92 Å². The molecule has 220 valence electrons. The average Bonchev–Trinajstić information content (AvgIpc) is 2.97. The number of hydrogen-bond donors (Lipinski definition) is 2. The molecule has 0 atom stereocenters. The highest BCUT2D eigenvalue weighted by Crippen LogP contribution is 2.33. The van der Waals surface area contributed by atoms with Crippen molar-refractivity contribution in [1.29, 1.82) is 0 Å². The monoisotopic (exact) mass is 562 g/mol. The van der Waals surface area contributed by atoms with Gasteiger partial charge in [0.05, 0.1) is 29.1 Å². The number of piperazine rings is 1. The van der Waals surface area contributed by atoms with Crippen LogP contribution in [0.5, 0.6) is 5.75 Å². The summed E-state index contributed by atoms with van der Waals surface area (Å²) in [5.74, 6) is 0.967. The van der Waals surface area contributed by atoms with Gasteiger partial charge in [-0.2, -0.15) is 0 Å². The Morgan fingerprint density at radius 2 is 1.85 bits per heavy atom. The molecule has 2 bridgehead atoms. The maximum absolute atomic E-state index is 13.0. The fourth-order valence-corrected chi connectivity index (χ4v) is 5.02. The van der Waals surface area contributed by atoms with Gasteiger partial charge in [0.1, 0.15) is 17.9 Å². The first-order valence-corrected chi connectivity index (χ1v) is 14.3. The van der Waals surface area contributed by atoms with E-state index < -0.39 is 5.91 Å². The minimum Gasteiger partial charge on any atom is -0.491 e. The first kappa shape index (κ1) is 30.0. The van der Waals surface area contributed by atoms with Gasteiger partial charge in [-0.15, -0.1) is 0 Å². The van der Waals surface area contributed by atoms with Crippen molar-refractivity contribution in [3.8, 4) is 5.75 Å². The van der Waals surface area contributed by atoms with Crippen LogP contribution in [0.15, 0.2) is 35.7 Å². The summed E-state index contributed by atoms with van der Waals surface area (Å²) in [7, 11) is 3.97. The number of aliphatic imine (C=N–C) groups is 1. The van der Waals surface area contributed by atoms with Crippen molar-refractivity contribution in [1.82, 2.24) is 19.8 Å². The third-order valence-electron chi connectivity index (χ3n) is 7.55. The number of likely N-dealkylation sites (N-methyl/N-ethyl adjacent to an activating group) is 1. The lowest BCUT2D eigenvalue weighted by Crippen LogP contribution is -2.44. The molecular formula is C30H42N8O3. The van der Waals surface area contributed by atoms with Gasteiger partial charge in [0.15, 0.2) is 0 Å². The smallest absolute Gasteiger partial charge is 0.278 e. The highest BCUT2D eigenvalue weighted by Gasteiger charge is 2.21. The molecular weight excluding hydrogens is 520 g/mol. The molecule has 2 N–H and O–H groups in total. The van der Waals surface area contributed by atoms with Gasteiger partial charge in [-0.05, 0) is 58.5 Å². The van der Waals surface area contributed by atoms with Gasteiger partial charge in [-0.1, -0.05) is 0 Å². The first-order valence-electron chi connectivity index (χ1n) is 14.3. The van der Waals surface area contributed by atoms with Crippen LogP contribution in [-0.2, 0) is 9.59 Å². The number of hydrogen-bond acceptors (Lipinski definition) is 9. The van der Waals surface area contributed by atoms with Crippen LogP contribution in [0.4, 0.5) is 17.2 Å². The second-order valence-corrected chi connectivity index (χ2v) is 10.6. The van der Waals surface area contributed by atoms with E-state index in [1.165, 1.54) is 6.33 Å². The number of fused-ring (bicyclic) bond motifs is 3. The number of carbonyl (C=O) groups excluding carboxylic acids is 2. The molecule has 0 unspecified atom stereocenters. The summed E-state index contributed by atoms with van der Waals surface area (Å²) in [6.45, 7) is 10.9. The van der Waals surface area contributed by atoms with Crippen molar-refractivity contribution in [3.05, 3.63) is 42.0 Å². The van der Waals surface area contributed by atoms with E-state index in [1.807, 2.05) is 26.1 Å². The van der Waals surface area contributed by atoms with Gasteiger partial charge in [0.2, 0.25) is 5.91 Å². The van der Waals surface area contributed by atoms with Crippen LogP contribution in [-0.4, -0.2) is 98.3 Å². The molecule has 0 spiro atoms. The van der Waals surface area contributed by atoms with Crippen molar-refractivity contribution in [3.63, 3.8) is 0 Å². The van der Waals surface area contributed by atoms with Crippen molar-refractivity contribution < 1.29 is 14.3 Å². The standard InChI is InChI=1S/C30H42N8O3/c1-22-28-24(30(40)31-2)20-33-23-10-11-25(38-16-14-36(3)15-17-38)26(19-23)41-18-7-5-6-9-27(39)37(4)13-8-12-32-29(28)35-21-34-22/h10-11,19-21,33H,2,5-9,12-18H2,1,3-4H3,(H,32,34,35)/b24-20-. The highest BCUT2D eigenvalue weighted by molar-refractivity contribution is 6.22. The van der Waals surface area contributed by atoms with E-state index in [0.29, 0.717) is 48.8 Å². The zero-order valence-corrected chi connectivity index (χ0v) is 24.5. The highest BCUT2D eigenvalue weighted by atomic mass is 16.5. The minimum absolute atomic E-state index is 0.142. The van der Waals surface area contributed by atoms with Crippen molar-refractivity contribution in [2.45, 2.75) is 39.0 Å². The Labute approximate surface area is 242 Å². The lowest BCUT2D eigenvalue weighted by atomic mass is 10.0. The fourth-order valence-electron chi connectivity index (χ4n) is 5.02. The molecule has 4 rings (SSSR count). The Balaban J connectivity index is 1.68. The minimum atomic E-state index is -0.489. The van der Waals surface area contributed by atoms with E-state index in [4.69, 9.17) is 4.74 Å². The molecule has 1 aromatic carbocycles. The largest absolute Gasteiger partial charge is 0.491 e. The summed E-state index contributed by atoms with van der Waals surface area (Å²) >= 11 is 0. The van der Waals surface area contributed by atoms with E-state index in [-0.39, 0.29) is 5.91 Å². The van der Waals surface area contributed by atoms with Crippen LogP contribution in [0.1, 0.15) is 43.4 Å². The number of nitrogens with one attached hydrogen (secondary N) is 2. The normalized spacial score (nSPS) is 19.5. The molecule has 11 heteroatoms. The summed E-state index contributed by atoms with van der Waals surface area (Å²) in [5.41, 5.74) is 3.32. The van der Waals surface area contributed by atoms with E-state index in [1.54, 1.807) is 11.1 Å². The number of anilines is 3. The molecule has 1 aromatic heterocycles. The molecule has 3 heterocycles. The molecule has 2 aromatic rings. The number of amides is 2. The molecule has 0 saturated carbocycles. The van der Waals surface area contributed by atoms with Gasteiger partial charge >= 0.3 is 0 Å². The molecule has 1 saturated heterocycles. The van der Waals surface area contributed by atoms with Gasteiger partial charge < -0.3 is 30.1 Å². The van der Waals surface area contributed by atoms with Crippen LogP contribution in [0.2, 0.25) is 0 Å². The molecule has 2 aliphatic heterocycles. The molecule has 11 nitrogen and oxygen atoms in total. The number of aromatic nitrogens is 2. The Hall–Kier alpha value is -3.99. The van der Waals surface area contributed by atoms with Gasteiger partial charge in [0.25, 0.3) is 5.91 Å². The number of rotatable bonds is 2. The fraction of sp³-hybridized carbons (Fsp3) is 0.500. The lowest BCUT2D eigenvalue weighted by Gasteiger charge is -2.35. The maximum Gasteiger partial charge on any atom is 0.278 e. The number of nitrogens with zero attached hydrogens (tertiary/aromatic N) is 6. The average molecular weight is 563 g/mol. The summed E-state index contributed by atoms with van der Waals surface area (Å²) < 4.78 is 6.32. The third kappa shape index (κ3) is 8.03. The zero-order valence-electron chi connectivity index (χ0n) is 24.5. The predicted molar refractivity (Wildman–Crippen MR) is 164 cm³/mol. The molecule has 0 aliphatic carbocycles. The van der Waals surface area contributed by atoms with Crippen molar-refractivity contribution in [2.75, 3.05) is 75.5 Å². The quantitative estimate of drug-likeness (QED) is 0.531. The van der Waals surface area contributed by atoms with E-state index >= 15 is 0 Å². The predicted octanol–water partition coefficient (Wildman–Crippen LogP) is 3.43. The Morgan fingerprint density at radius 1 is 1.05 bits per heavy atom. The van der Waals surface area contributed by atoms with Gasteiger partial charge in [0, 0.05) is 70.7 Å². The van der Waals surface area contributed by atoms with E-state index in [0.717, 1.165) is 69.0 Å². The van der Waals surface area contributed by atoms with Crippen molar-refractivity contribution in [2.24, 2.45) is 4.99 Å². The van der Waals surface area contributed by atoms with Crippen molar-refractivity contribution >= 4 is 41.3 Å². The summed E-state index contributed by atoms with van der Waals surface area (Å²) in [6, 6.07) is 6.02. The first-order chi connectivity index (χ1) is 19.9. The Bertz CT molecular complexity index is 1260. The summed E-state index contributed by atoms with van der Waals surface area (Å²) in [6.07, 6.45) is 6.96. The van der Waals surface area contributed by atoms with Crippen LogP contribution >= 0.6 is 0 Å². The summed E-state index contributed by atoms with van der Waals surface area (Å²) in [4.78, 5) is 44.5. The lowest BCUT2D eigenvalue weighted by molar-refractivity contribution is -0.130. The van der Waals surface area contributed by atoms with Crippen LogP contribution < -0.4 is 20.3 Å². The topological polar surface area (TPSA) is 115 Å².